The van der Waals surface area contributed by atoms with Gasteiger partial charge in [-0.05, 0) is 36.8 Å². The molecule has 0 spiro atoms. The summed E-state index contributed by atoms with van der Waals surface area (Å²) < 4.78 is 5.15. The first kappa shape index (κ1) is 13.3. The van der Waals surface area contributed by atoms with Gasteiger partial charge in [0.1, 0.15) is 5.75 Å². The first-order valence-electron chi connectivity index (χ1n) is 6.80. The van der Waals surface area contributed by atoms with Crippen LogP contribution in [0.4, 0.5) is 0 Å². The number of ether oxygens (including phenoxy) is 1. The number of benzene rings is 2. The lowest BCUT2D eigenvalue weighted by molar-refractivity contribution is 0.415. The zero-order valence-electron chi connectivity index (χ0n) is 12.1. The molecule has 0 amide bonds. The van der Waals surface area contributed by atoms with Crippen molar-refractivity contribution in [1.82, 2.24) is 9.97 Å². The lowest BCUT2D eigenvalue weighted by Gasteiger charge is -2.05. The van der Waals surface area contributed by atoms with Crippen molar-refractivity contribution >= 4 is 0 Å². The molecule has 1 aromatic heterocycles. The SMILES string of the molecule is COc1ccc(-c2ncc(-c3ccc(C)cc3)cn2)cc1. The number of hydrogen-bond acceptors (Lipinski definition) is 3. The molecule has 0 N–H and O–H groups in total. The highest BCUT2D eigenvalue weighted by Crippen LogP contribution is 2.22. The average Bonchev–Trinajstić information content (AvgIpc) is 2.56. The third-order valence-corrected chi connectivity index (χ3v) is 3.38. The Kier molecular flexibility index (Phi) is 3.65. The number of rotatable bonds is 3. The molecule has 2 aromatic carbocycles. The minimum Gasteiger partial charge on any atom is -0.497 e. The van der Waals surface area contributed by atoms with E-state index >= 15 is 0 Å². The molecule has 0 saturated heterocycles. The Labute approximate surface area is 124 Å². The maximum absolute atomic E-state index is 5.15. The van der Waals surface area contributed by atoms with E-state index < -0.39 is 0 Å². The summed E-state index contributed by atoms with van der Waals surface area (Å²) in [5, 5.41) is 0. The van der Waals surface area contributed by atoms with Crippen molar-refractivity contribution in [2.75, 3.05) is 7.11 Å². The summed E-state index contributed by atoms with van der Waals surface area (Å²) in [5.41, 5.74) is 4.37. The summed E-state index contributed by atoms with van der Waals surface area (Å²) in [5.74, 6) is 1.54. The Morgan fingerprint density at radius 2 is 1.29 bits per heavy atom. The molecule has 0 fully saturated rings. The fourth-order valence-corrected chi connectivity index (χ4v) is 2.11. The van der Waals surface area contributed by atoms with Crippen LogP contribution in [-0.2, 0) is 0 Å². The third kappa shape index (κ3) is 2.92. The largest absolute Gasteiger partial charge is 0.497 e. The Morgan fingerprint density at radius 1 is 0.714 bits per heavy atom. The second-order valence-electron chi connectivity index (χ2n) is 4.89. The van der Waals surface area contributed by atoms with E-state index in [9.17, 15) is 0 Å². The minimum atomic E-state index is 0.716. The molecule has 3 rings (SSSR count). The van der Waals surface area contributed by atoms with Crippen LogP contribution in [0.1, 0.15) is 5.56 Å². The van der Waals surface area contributed by atoms with Gasteiger partial charge in [0.15, 0.2) is 5.82 Å². The van der Waals surface area contributed by atoms with E-state index in [-0.39, 0.29) is 0 Å². The van der Waals surface area contributed by atoms with Crippen LogP contribution in [0.3, 0.4) is 0 Å². The van der Waals surface area contributed by atoms with Crippen molar-refractivity contribution < 1.29 is 4.74 Å². The molecule has 1 heterocycles. The van der Waals surface area contributed by atoms with Gasteiger partial charge in [-0.3, -0.25) is 0 Å². The predicted octanol–water partition coefficient (Wildman–Crippen LogP) is 4.13. The summed E-state index contributed by atoms with van der Waals surface area (Å²) in [6.45, 7) is 2.08. The van der Waals surface area contributed by atoms with Crippen LogP contribution in [0.15, 0.2) is 60.9 Å². The highest BCUT2D eigenvalue weighted by Gasteiger charge is 2.03. The topological polar surface area (TPSA) is 35.0 Å². The van der Waals surface area contributed by atoms with Gasteiger partial charge >= 0.3 is 0 Å². The number of hydrogen-bond donors (Lipinski definition) is 0. The van der Waals surface area contributed by atoms with Gasteiger partial charge in [0, 0.05) is 23.5 Å². The van der Waals surface area contributed by atoms with Crippen LogP contribution < -0.4 is 4.74 Å². The maximum atomic E-state index is 5.15. The number of aryl methyl sites for hydroxylation is 1. The van der Waals surface area contributed by atoms with Crippen molar-refractivity contribution in [1.29, 1.82) is 0 Å². The zero-order chi connectivity index (χ0) is 14.7. The van der Waals surface area contributed by atoms with Crippen LogP contribution in [0.5, 0.6) is 5.75 Å². The molecule has 0 radical (unpaired) electrons. The Morgan fingerprint density at radius 3 is 1.86 bits per heavy atom. The second kappa shape index (κ2) is 5.75. The molecule has 104 valence electrons. The van der Waals surface area contributed by atoms with Gasteiger partial charge in [0.2, 0.25) is 0 Å². The van der Waals surface area contributed by atoms with E-state index in [4.69, 9.17) is 4.74 Å². The summed E-state index contributed by atoms with van der Waals surface area (Å²) in [7, 11) is 1.65. The second-order valence-corrected chi connectivity index (χ2v) is 4.89. The quantitative estimate of drug-likeness (QED) is 0.721. The fraction of sp³-hybridized carbons (Fsp3) is 0.111. The van der Waals surface area contributed by atoms with E-state index in [0.29, 0.717) is 5.82 Å². The molecule has 0 aliphatic carbocycles. The van der Waals surface area contributed by atoms with Crippen molar-refractivity contribution in [2.24, 2.45) is 0 Å². The van der Waals surface area contributed by atoms with Gasteiger partial charge in [0.25, 0.3) is 0 Å². The van der Waals surface area contributed by atoms with Crippen molar-refractivity contribution in [2.45, 2.75) is 6.92 Å². The van der Waals surface area contributed by atoms with E-state index in [0.717, 1.165) is 22.4 Å². The van der Waals surface area contributed by atoms with Gasteiger partial charge in [-0.2, -0.15) is 0 Å². The molecule has 0 saturated carbocycles. The predicted molar refractivity (Wildman–Crippen MR) is 84.2 cm³/mol. The Balaban J connectivity index is 1.87. The van der Waals surface area contributed by atoms with Crippen LogP contribution >= 0.6 is 0 Å². The summed E-state index contributed by atoms with van der Waals surface area (Å²) in [6.07, 6.45) is 3.72. The normalized spacial score (nSPS) is 10.4. The van der Waals surface area contributed by atoms with Gasteiger partial charge in [-0.25, -0.2) is 9.97 Å². The molecular formula is C18H16N2O. The van der Waals surface area contributed by atoms with Gasteiger partial charge in [0.05, 0.1) is 7.11 Å². The molecule has 0 aliphatic rings. The van der Waals surface area contributed by atoms with Crippen LogP contribution in [0, 0.1) is 6.92 Å². The standard InChI is InChI=1S/C18H16N2O/c1-13-3-5-14(6-4-13)16-11-19-18(20-12-16)15-7-9-17(21-2)10-8-15/h3-12H,1-2H3. The lowest BCUT2D eigenvalue weighted by Crippen LogP contribution is -1.90. The van der Waals surface area contributed by atoms with Gasteiger partial charge in [-0.1, -0.05) is 29.8 Å². The maximum Gasteiger partial charge on any atom is 0.159 e. The smallest absolute Gasteiger partial charge is 0.159 e. The zero-order valence-corrected chi connectivity index (χ0v) is 12.1. The highest BCUT2D eigenvalue weighted by molar-refractivity contribution is 5.64. The average molecular weight is 276 g/mol. The number of nitrogens with zero attached hydrogens (tertiary/aromatic N) is 2. The van der Waals surface area contributed by atoms with Crippen molar-refractivity contribution in [3.05, 3.63) is 66.5 Å². The summed E-state index contributed by atoms with van der Waals surface area (Å²) in [4.78, 5) is 8.90. The summed E-state index contributed by atoms with van der Waals surface area (Å²) in [6, 6.07) is 16.1. The molecular weight excluding hydrogens is 260 g/mol. The number of methoxy groups -OCH3 is 1. The molecule has 3 aromatic rings. The fourth-order valence-electron chi connectivity index (χ4n) is 2.11. The van der Waals surface area contributed by atoms with Gasteiger partial charge in [-0.15, -0.1) is 0 Å². The van der Waals surface area contributed by atoms with E-state index in [2.05, 4.69) is 41.2 Å². The molecule has 0 unspecified atom stereocenters. The van der Waals surface area contributed by atoms with E-state index in [1.54, 1.807) is 7.11 Å². The monoisotopic (exact) mass is 276 g/mol. The van der Waals surface area contributed by atoms with Crippen LogP contribution in [0.2, 0.25) is 0 Å². The molecule has 0 atom stereocenters. The number of aromatic nitrogens is 2. The molecule has 0 bridgehead atoms. The van der Waals surface area contributed by atoms with E-state index in [1.165, 1.54) is 5.56 Å². The first-order chi connectivity index (χ1) is 10.3. The molecule has 0 aliphatic heterocycles. The van der Waals surface area contributed by atoms with Crippen molar-refractivity contribution in [3.8, 4) is 28.3 Å². The van der Waals surface area contributed by atoms with Gasteiger partial charge < -0.3 is 4.74 Å². The lowest BCUT2D eigenvalue weighted by atomic mass is 10.1. The minimum absolute atomic E-state index is 0.716. The summed E-state index contributed by atoms with van der Waals surface area (Å²) >= 11 is 0. The Bertz CT molecular complexity index is 717. The van der Waals surface area contributed by atoms with Crippen molar-refractivity contribution in [3.63, 3.8) is 0 Å². The molecule has 3 nitrogen and oxygen atoms in total. The molecule has 3 heteroatoms. The third-order valence-electron chi connectivity index (χ3n) is 3.38. The Hall–Kier alpha value is -2.68. The first-order valence-corrected chi connectivity index (χ1v) is 6.80. The highest BCUT2D eigenvalue weighted by atomic mass is 16.5. The van der Waals surface area contributed by atoms with Crippen LogP contribution in [0.25, 0.3) is 22.5 Å². The van der Waals surface area contributed by atoms with E-state index in [1.807, 2.05) is 36.7 Å². The van der Waals surface area contributed by atoms with Crippen LogP contribution in [-0.4, -0.2) is 17.1 Å². The molecule has 21 heavy (non-hydrogen) atoms.